The van der Waals surface area contributed by atoms with Crippen molar-refractivity contribution in [2.75, 3.05) is 52.2 Å². The molecule has 4 heterocycles. The van der Waals surface area contributed by atoms with Crippen molar-refractivity contribution in [1.82, 2.24) is 24.8 Å². The first-order valence-electron chi connectivity index (χ1n) is 10.4. The number of piperazine rings is 1. The standard InChI is InChI=1S/C23H24N6O2/c1-28-7-9-29(10-8-28)23(30)16-12-18-17(5-6-24-21(18)25-13-16)15-3-4-20-19(11-15)22(31-2)27-14-26-20/h3-5,11-14H,6-10H2,1-2H3,(H,24,25). The van der Waals surface area contributed by atoms with Gasteiger partial charge in [0.1, 0.15) is 12.1 Å². The molecule has 2 aliphatic heterocycles. The van der Waals surface area contributed by atoms with Crippen LogP contribution in [0.1, 0.15) is 21.5 Å². The average Bonchev–Trinajstić information content (AvgIpc) is 2.82. The highest BCUT2D eigenvalue weighted by Gasteiger charge is 2.23. The molecule has 158 valence electrons. The lowest BCUT2D eigenvalue weighted by atomic mass is 9.94. The van der Waals surface area contributed by atoms with E-state index in [1.165, 1.54) is 6.33 Å². The molecule has 0 saturated carbocycles. The fraction of sp³-hybridized carbons (Fsp3) is 0.304. The van der Waals surface area contributed by atoms with Gasteiger partial charge in [-0.3, -0.25) is 4.79 Å². The van der Waals surface area contributed by atoms with Gasteiger partial charge in [-0.25, -0.2) is 15.0 Å². The quantitative estimate of drug-likeness (QED) is 0.701. The smallest absolute Gasteiger partial charge is 0.255 e. The summed E-state index contributed by atoms with van der Waals surface area (Å²) in [6, 6.07) is 7.97. The Morgan fingerprint density at radius 1 is 1.10 bits per heavy atom. The van der Waals surface area contributed by atoms with Gasteiger partial charge in [-0.15, -0.1) is 0 Å². The van der Waals surface area contributed by atoms with Crippen LogP contribution in [0.3, 0.4) is 0 Å². The van der Waals surface area contributed by atoms with Crippen molar-refractivity contribution >= 4 is 28.2 Å². The largest absolute Gasteiger partial charge is 0.480 e. The molecule has 2 aliphatic rings. The number of likely N-dealkylation sites (N-methyl/N-ethyl adjacent to an activating group) is 1. The number of pyridine rings is 1. The molecular formula is C23H24N6O2. The second-order valence-corrected chi connectivity index (χ2v) is 7.83. The lowest BCUT2D eigenvalue weighted by molar-refractivity contribution is 0.0663. The molecule has 0 aliphatic carbocycles. The van der Waals surface area contributed by atoms with Crippen molar-refractivity contribution in [3.8, 4) is 5.88 Å². The lowest BCUT2D eigenvalue weighted by Crippen LogP contribution is -2.47. The predicted molar refractivity (Wildman–Crippen MR) is 119 cm³/mol. The number of ether oxygens (including phenoxy) is 1. The first kappa shape index (κ1) is 19.4. The van der Waals surface area contributed by atoms with Crippen LogP contribution in [0, 0.1) is 0 Å². The molecule has 0 bridgehead atoms. The number of nitrogens with one attached hydrogen (secondary N) is 1. The van der Waals surface area contributed by atoms with E-state index >= 15 is 0 Å². The number of anilines is 1. The molecule has 0 unspecified atom stereocenters. The zero-order chi connectivity index (χ0) is 21.4. The number of amides is 1. The van der Waals surface area contributed by atoms with Crippen LogP contribution in [-0.2, 0) is 0 Å². The van der Waals surface area contributed by atoms with Gasteiger partial charge in [-0.2, -0.15) is 0 Å². The zero-order valence-electron chi connectivity index (χ0n) is 17.6. The summed E-state index contributed by atoms with van der Waals surface area (Å²) >= 11 is 0. The number of benzene rings is 1. The van der Waals surface area contributed by atoms with Crippen molar-refractivity contribution in [1.29, 1.82) is 0 Å². The molecule has 0 atom stereocenters. The van der Waals surface area contributed by atoms with Gasteiger partial charge in [-0.1, -0.05) is 12.1 Å². The highest BCUT2D eigenvalue weighted by Crippen LogP contribution is 2.34. The fourth-order valence-corrected chi connectivity index (χ4v) is 4.12. The van der Waals surface area contributed by atoms with E-state index in [-0.39, 0.29) is 5.91 Å². The van der Waals surface area contributed by atoms with Crippen molar-refractivity contribution in [3.05, 3.63) is 59.6 Å². The third-order valence-electron chi connectivity index (χ3n) is 5.89. The third kappa shape index (κ3) is 3.59. The molecule has 1 N–H and O–H groups in total. The minimum absolute atomic E-state index is 0.0295. The van der Waals surface area contributed by atoms with Gasteiger partial charge >= 0.3 is 0 Å². The number of methoxy groups -OCH3 is 1. The van der Waals surface area contributed by atoms with Crippen LogP contribution < -0.4 is 10.1 Å². The molecule has 0 radical (unpaired) electrons. The van der Waals surface area contributed by atoms with Crippen LogP contribution in [0.4, 0.5) is 5.82 Å². The molecule has 1 fully saturated rings. The first-order valence-corrected chi connectivity index (χ1v) is 10.4. The summed E-state index contributed by atoms with van der Waals surface area (Å²) in [6.07, 6.45) is 5.29. The molecular weight excluding hydrogens is 392 g/mol. The van der Waals surface area contributed by atoms with E-state index in [4.69, 9.17) is 4.74 Å². The van der Waals surface area contributed by atoms with Crippen molar-refractivity contribution in [2.24, 2.45) is 0 Å². The lowest BCUT2D eigenvalue weighted by Gasteiger charge is -2.32. The monoisotopic (exact) mass is 416 g/mol. The second kappa shape index (κ2) is 7.96. The number of carbonyl (C=O) groups excluding carboxylic acids is 1. The summed E-state index contributed by atoms with van der Waals surface area (Å²) in [5, 5.41) is 4.15. The SMILES string of the molecule is COc1ncnc2ccc(C3=CCNc4ncc(C(=O)N5CCN(C)CC5)cc43)cc12. The predicted octanol–water partition coefficient (Wildman–Crippen LogP) is 2.28. The molecule has 1 aromatic carbocycles. The maximum atomic E-state index is 13.1. The molecule has 8 heteroatoms. The Labute approximate surface area is 180 Å². The highest BCUT2D eigenvalue weighted by molar-refractivity contribution is 5.98. The maximum absolute atomic E-state index is 13.1. The first-order chi connectivity index (χ1) is 15.1. The fourth-order valence-electron chi connectivity index (χ4n) is 4.12. The Morgan fingerprint density at radius 3 is 2.74 bits per heavy atom. The van der Waals surface area contributed by atoms with Gasteiger partial charge in [0.2, 0.25) is 5.88 Å². The molecule has 1 amide bonds. The summed E-state index contributed by atoms with van der Waals surface area (Å²) < 4.78 is 5.42. The van der Waals surface area contributed by atoms with E-state index in [1.54, 1.807) is 13.3 Å². The van der Waals surface area contributed by atoms with E-state index in [0.717, 1.165) is 59.6 Å². The Hall–Kier alpha value is -3.52. The normalized spacial score (nSPS) is 16.5. The summed E-state index contributed by atoms with van der Waals surface area (Å²) in [7, 11) is 3.68. The Kier molecular flexibility index (Phi) is 4.99. The summed E-state index contributed by atoms with van der Waals surface area (Å²) in [5.41, 5.74) is 4.39. The molecule has 1 saturated heterocycles. The number of aromatic nitrogens is 3. The minimum Gasteiger partial charge on any atom is -0.480 e. The maximum Gasteiger partial charge on any atom is 0.255 e. The number of carbonyl (C=O) groups is 1. The number of fused-ring (bicyclic) bond motifs is 2. The van der Waals surface area contributed by atoms with E-state index in [9.17, 15) is 4.79 Å². The highest BCUT2D eigenvalue weighted by atomic mass is 16.5. The van der Waals surface area contributed by atoms with Gasteiger partial charge in [0.05, 0.1) is 23.6 Å². The van der Waals surface area contributed by atoms with Crippen LogP contribution in [-0.4, -0.2) is 77.5 Å². The van der Waals surface area contributed by atoms with Crippen LogP contribution in [0.25, 0.3) is 16.5 Å². The van der Waals surface area contributed by atoms with Crippen LogP contribution in [0.15, 0.2) is 42.9 Å². The Bertz CT molecular complexity index is 1180. The Balaban J connectivity index is 1.52. The van der Waals surface area contributed by atoms with Crippen LogP contribution in [0.5, 0.6) is 5.88 Å². The minimum atomic E-state index is 0.0295. The molecule has 5 rings (SSSR count). The van der Waals surface area contributed by atoms with Crippen LogP contribution >= 0.6 is 0 Å². The molecule has 0 spiro atoms. The van der Waals surface area contributed by atoms with Gasteiger partial charge in [0, 0.05) is 44.5 Å². The molecule has 31 heavy (non-hydrogen) atoms. The van der Waals surface area contributed by atoms with Gasteiger partial charge in [0.15, 0.2) is 0 Å². The summed E-state index contributed by atoms with van der Waals surface area (Å²) in [4.78, 5) is 30.3. The van der Waals surface area contributed by atoms with Crippen molar-refractivity contribution in [2.45, 2.75) is 0 Å². The van der Waals surface area contributed by atoms with E-state index in [2.05, 4.69) is 38.3 Å². The van der Waals surface area contributed by atoms with Gasteiger partial charge in [0.25, 0.3) is 5.91 Å². The third-order valence-corrected chi connectivity index (χ3v) is 5.89. The van der Waals surface area contributed by atoms with E-state index in [0.29, 0.717) is 18.0 Å². The number of hydrogen-bond acceptors (Lipinski definition) is 7. The average molecular weight is 416 g/mol. The number of nitrogens with zero attached hydrogens (tertiary/aromatic N) is 5. The number of rotatable bonds is 3. The second-order valence-electron chi connectivity index (χ2n) is 7.83. The van der Waals surface area contributed by atoms with Crippen molar-refractivity contribution in [3.63, 3.8) is 0 Å². The molecule has 8 nitrogen and oxygen atoms in total. The molecule has 3 aromatic rings. The number of hydrogen-bond donors (Lipinski definition) is 1. The van der Waals surface area contributed by atoms with E-state index in [1.807, 2.05) is 29.2 Å². The van der Waals surface area contributed by atoms with E-state index < -0.39 is 0 Å². The topological polar surface area (TPSA) is 83.5 Å². The Morgan fingerprint density at radius 2 is 1.94 bits per heavy atom. The summed E-state index contributed by atoms with van der Waals surface area (Å²) in [5.74, 6) is 1.35. The van der Waals surface area contributed by atoms with Gasteiger partial charge in [-0.05, 0) is 36.4 Å². The van der Waals surface area contributed by atoms with Gasteiger partial charge < -0.3 is 19.9 Å². The summed E-state index contributed by atoms with van der Waals surface area (Å²) in [6.45, 7) is 3.91. The zero-order valence-corrected chi connectivity index (χ0v) is 17.6. The van der Waals surface area contributed by atoms with Crippen molar-refractivity contribution < 1.29 is 9.53 Å². The molecule has 2 aromatic heterocycles. The van der Waals surface area contributed by atoms with Crippen LogP contribution in [0.2, 0.25) is 0 Å².